The molecule has 3 aromatic rings. The van der Waals surface area contributed by atoms with Gasteiger partial charge in [0.25, 0.3) is 0 Å². The second-order valence-corrected chi connectivity index (χ2v) is 6.00. The van der Waals surface area contributed by atoms with Gasteiger partial charge in [-0.1, -0.05) is 48.0 Å². The summed E-state index contributed by atoms with van der Waals surface area (Å²) in [6.07, 6.45) is 0. The molecule has 0 aliphatic carbocycles. The van der Waals surface area contributed by atoms with Gasteiger partial charge < -0.3 is 4.74 Å². The smallest absolute Gasteiger partial charge is 0.352 e. The maximum Gasteiger partial charge on any atom is 0.352 e. The van der Waals surface area contributed by atoms with Gasteiger partial charge in [0, 0.05) is 11.6 Å². The Kier molecular flexibility index (Phi) is 5.51. The van der Waals surface area contributed by atoms with E-state index >= 15 is 0 Å². The van der Waals surface area contributed by atoms with Crippen LogP contribution in [0.15, 0.2) is 59.4 Å². The summed E-state index contributed by atoms with van der Waals surface area (Å²) in [7, 11) is 0. The van der Waals surface area contributed by atoms with Crippen molar-refractivity contribution < 1.29 is 4.74 Å². The van der Waals surface area contributed by atoms with Gasteiger partial charge in [-0.3, -0.25) is 4.57 Å². The molecule has 1 aromatic heterocycles. The van der Waals surface area contributed by atoms with E-state index in [1.807, 2.05) is 0 Å². The Bertz CT molecular complexity index is 1130. The zero-order valence-corrected chi connectivity index (χ0v) is 14.8. The maximum atomic E-state index is 12.4. The first-order chi connectivity index (χ1) is 13.1. The van der Waals surface area contributed by atoms with E-state index in [1.165, 1.54) is 10.6 Å². The van der Waals surface area contributed by atoms with Gasteiger partial charge in [0.2, 0.25) is 5.88 Å². The van der Waals surface area contributed by atoms with Crippen LogP contribution in [0.2, 0.25) is 5.15 Å². The molecule has 0 saturated heterocycles. The number of hydrogen-bond acceptors (Lipinski definition) is 5. The van der Waals surface area contributed by atoms with Gasteiger partial charge in [-0.25, -0.2) is 4.79 Å². The summed E-state index contributed by atoms with van der Waals surface area (Å²) in [6, 6.07) is 19.6. The standard InChI is InChI=1S/C20H13ClN4O2/c21-18-9-19(27-13-17-8-4-2-6-15(17)11-23)24-20(26)25(18)12-16-7-3-1-5-14(16)10-22/h1-9H,12-13H2. The lowest BCUT2D eigenvalue weighted by Gasteiger charge is -2.11. The van der Waals surface area contributed by atoms with Crippen LogP contribution in [0.3, 0.4) is 0 Å². The molecule has 6 nitrogen and oxygen atoms in total. The van der Waals surface area contributed by atoms with E-state index in [-0.39, 0.29) is 24.2 Å². The SMILES string of the molecule is N#Cc1ccccc1COc1cc(Cl)n(Cc2ccccc2C#N)c(=O)n1. The van der Waals surface area contributed by atoms with E-state index in [1.54, 1.807) is 48.5 Å². The Morgan fingerprint density at radius 3 is 2.22 bits per heavy atom. The third-order valence-corrected chi connectivity index (χ3v) is 4.23. The van der Waals surface area contributed by atoms with Gasteiger partial charge in [0.1, 0.15) is 11.8 Å². The van der Waals surface area contributed by atoms with Crippen molar-refractivity contribution in [1.82, 2.24) is 9.55 Å². The highest BCUT2D eigenvalue weighted by Crippen LogP contribution is 2.17. The van der Waals surface area contributed by atoms with Gasteiger partial charge in [-0.2, -0.15) is 15.5 Å². The van der Waals surface area contributed by atoms with Crippen LogP contribution in [0.1, 0.15) is 22.3 Å². The minimum Gasteiger partial charge on any atom is -0.473 e. The molecule has 0 aliphatic heterocycles. The molecule has 2 aromatic carbocycles. The summed E-state index contributed by atoms with van der Waals surface area (Å²) >= 11 is 6.23. The zero-order chi connectivity index (χ0) is 19.2. The summed E-state index contributed by atoms with van der Waals surface area (Å²) in [4.78, 5) is 16.2. The summed E-state index contributed by atoms with van der Waals surface area (Å²) in [5, 5.41) is 18.4. The Labute approximate surface area is 160 Å². The van der Waals surface area contributed by atoms with Crippen molar-refractivity contribution in [3.05, 3.63) is 92.5 Å². The van der Waals surface area contributed by atoms with Crippen LogP contribution >= 0.6 is 11.6 Å². The van der Waals surface area contributed by atoms with Crippen molar-refractivity contribution in [2.75, 3.05) is 0 Å². The Hall–Kier alpha value is -3.61. The van der Waals surface area contributed by atoms with E-state index in [2.05, 4.69) is 17.1 Å². The fourth-order valence-corrected chi connectivity index (χ4v) is 2.75. The highest BCUT2D eigenvalue weighted by Gasteiger charge is 2.11. The quantitative estimate of drug-likeness (QED) is 0.637. The second-order valence-electron chi connectivity index (χ2n) is 5.61. The Balaban J connectivity index is 1.82. The molecule has 0 N–H and O–H groups in total. The van der Waals surface area contributed by atoms with Crippen LogP contribution in [0.25, 0.3) is 0 Å². The molecule has 0 aliphatic rings. The molecule has 0 fully saturated rings. The molecule has 132 valence electrons. The van der Waals surface area contributed by atoms with Gasteiger partial charge in [-0.15, -0.1) is 0 Å². The molecule has 0 bridgehead atoms. The average Bonchev–Trinajstić information content (AvgIpc) is 2.69. The van der Waals surface area contributed by atoms with Crippen molar-refractivity contribution >= 4 is 11.6 Å². The molecule has 0 unspecified atom stereocenters. The monoisotopic (exact) mass is 376 g/mol. The van der Waals surface area contributed by atoms with Crippen molar-refractivity contribution in [1.29, 1.82) is 10.5 Å². The van der Waals surface area contributed by atoms with Crippen molar-refractivity contribution in [3.8, 4) is 18.0 Å². The molecule has 7 heteroatoms. The molecule has 0 amide bonds. The largest absolute Gasteiger partial charge is 0.473 e. The highest BCUT2D eigenvalue weighted by molar-refractivity contribution is 6.29. The number of halogens is 1. The molecular weight excluding hydrogens is 364 g/mol. The number of benzene rings is 2. The Morgan fingerprint density at radius 2 is 1.59 bits per heavy atom. The summed E-state index contributed by atoms with van der Waals surface area (Å²) in [6.45, 7) is 0.222. The van der Waals surface area contributed by atoms with Crippen LogP contribution in [0.5, 0.6) is 5.88 Å². The van der Waals surface area contributed by atoms with Crippen molar-refractivity contribution in [2.24, 2.45) is 0 Å². The summed E-state index contributed by atoms with van der Waals surface area (Å²) < 4.78 is 6.79. The summed E-state index contributed by atoms with van der Waals surface area (Å²) in [5.41, 5.74) is 1.73. The number of hydrogen-bond donors (Lipinski definition) is 0. The average molecular weight is 377 g/mol. The lowest BCUT2D eigenvalue weighted by Crippen LogP contribution is -2.25. The van der Waals surface area contributed by atoms with E-state index in [9.17, 15) is 10.1 Å². The minimum absolute atomic E-state index is 0.0718. The number of aromatic nitrogens is 2. The topological polar surface area (TPSA) is 91.7 Å². The van der Waals surface area contributed by atoms with Gasteiger partial charge in [0.05, 0.1) is 29.8 Å². The van der Waals surface area contributed by atoms with E-state index in [0.29, 0.717) is 22.3 Å². The lowest BCUT2D eigenvalue weighted by atomic mass is 10.1. The minimum atomic E-state index is -0.584. The molecule has 0 radical (unpaired) electrons. The first-order valence-electron chi connectivity index (χ1n) is 7.98. The first kappa shape index (κ1) is 18.2. The third kappa shape index (κ3) is 4.14. The van der Waals surface area contributed by atoms with E-state index in [0.717, 1.165) is 0 Å². The van der Waals surface area contributed by atoms with E-state index < -0.39 is 5.69 Å². The van der Waals surface area contributed by atoms with Crippen molar-refractivity contribution in [3.63, 3.8) is 0 Å². The number of nitriles is 2. The van der Waals surface area contributed by atoms with Crippen LogP contribution in [-0.2, 0) is 13.2 Å². The van der Waals surface area contributed by atoms with Crippen LogP contribution in [0.4, 0.5) is 0 Å². The van der Waals surface area contributed by atoms with Gasteiger partial charge >= 0.3 is 5.69 Å². The van der Waals surface area contributed by atoms with Gasteiger partial charge in [0.15, 0.2) is 0 Å². The molecule has 0 spiro atoms. The normalized spacial score (nSPS) is 10.0. The molecule has 0 atom stereocenters. The molecule has 3 rings (SSSR count). The van der Waals surface area contributed by atoms with Crippen LogP contribution in [0, 0.1) is 22.7 Å². The number of nitrogens with zero attached hydrogens (tertiary/aromatic N) is 4. The number of ether oxygens (including phenoxy) is 1. The summed E-state index contributed by atoms with van der Waals surface area (Å²) in [5.74, 6) is 0.0718. The van der Waals surface area contributed by atoms with Crippen molar-refractivity contribution in [2.45, 2.75) is 13.2 Å². The lowest BCUT2D eigenvalue weighted by molar-refractivity contribution is 0.291. The predicted molar refractivity (Wildman–Crippen MR) is 99.3 cm³/mol. The number of rotatable bonds is 5. The fraction of sp³-hybridized carbons (Fsp3) is 0.100. The van der Waals surface area contributed by atoms with Crippen LogP contribution in [-0.4, -0.2) is 9.55 Å². The zero-order valence-electron chi connectivity index (χ0n) is 14.1. The van der Waals surface area contributed by atoms with Crippen LogP contribution < -0.4 is 10.4 Å². The molecular formula is C20H13ClN4O2. The third-order valence-electron chi connectivity index (χ3n) is 3.92. The van der Waals surface area contributed by atoms with E-state index in [4.69, 9.17) is 21.6 Å². The Morgan fingerprint density at radius 1 is 1.00 bits per heavy atom. The van der Waals surface area contributed by atoms with Gasteiger partial charge in [-0.05, 0) is 17.7 Å². The second kappa shape index (κ2) is 8.18. The predicted octanol–water partition coefficient (Wildman–Crippen LogP) is 3.27. The fourth-order valence-electron chi connectivity index (χ4n) is 2.52. The first-order valence-corrected chi connectivity index (χ1v) is 8.36. The highest BCUT2D eigenvalue weighted by atomic mass is 35.5. The molecule has 27 heavy (non-hydrogen) atoms. The molecule has 1 heterocycles. The maximum absolute atomic E-state index is 12.4. The molecule has 0 saturated carbocycles.